The Bertz CT molecular complexity index is 2790. The number of imidazole rings is 1. The standard InChI is InChI=1S/C46H33N5O/c1-46(2)37-19-9-10-20-39(37)50(41-21-11-12-26-47-41)40-29-33(23-25-38(40)46)52-32-22-24-34-35-18-13-27-48-44(35)51-43(31-16-7-4-8-17-31)42(30-14-5-3-6-15-30)49-45(51)36(34)28-32/h3-29H,1-2H3. The number of pyridine rings is 3. The largest absolute Gasteiger partial charge is 0.457 e. The van der Waals surface area contributed by atoms with Gasteiger partial charge in [0.15, 0.2) is 0 Å². The van der Waals surface area contributed by atoms with E-state index in [9.17, 15) is 0 Å². The van der Waals surface area contributed by atoms with Crippen LogP contribution in [0.25, 0.3) is 50.0 Å². The van der Waals surface area contributed by atoms with Gasteiger partial charge in [-0.1, -0.05) is 105 Å². The molecule has 0 spiro atoms. The van der Waals surface area contributed by atoms with Crippen LogP contribution in [-0.4, -0.2) is 19.4 Å². The third kappa shape index (κ3) is 4.61. The number of anilines is 3. The van der Waals surface area contributed by atoms with Crippen molar-refractivity contribution in [3.63, 3.8) is 0 Å². The lowest BCUT2D eigenvalue weighted by Crippen LogP contribution is -2.30. The van der Waals surface area contributed by atoms with Crippen molar-refractivity contribution in [3.05, 3.63) is 175 Å². The van der Waals surface area contributed by atoms with Gasteiger partial charge in [-0.3, -0.25) is 9.30 Å². The lowest BCUT2D eigenvalue weighted by Gasteiger charge is -2.41. The number of hydrogen-bond acceptors (Lipinski definition) is 5. The zero-order chi connectivity index (χ0) is 34.8. The molecule has 248 valence electrons. The third-order valence-electron chi connectivity index (χ3n) is 10.3. The molecule has 0 N–H and O–H groups in total. The molecule has 0 saturated heterocycles. The van der Waals surface area contributed by atoms with Crippen molar-refractivity contribution in [1.82, 2.24) is 19.4 Å². The molecule has 0 unspecified atom stereocenters. The monoisotopic (exact) mass is 671 g/mol. The van der Waals surface area contributed by atoms with Gasteiger partial charge in [0.1, 0.15) is 28.6 Å². The molecule has 6 heteroatoms. The summed E-state index contributed by atoms with van der Waals surface area (Å²) in [5.41, 5.74) is 10.1. The van der Waals surface area contributed by atoms with Gasteiger partial charge in [0.2, 0.25) is 0 Å². The minimum Gasteiger partial charge on any atom is -0.457 e. The first-order valence-corrected chi connectivity index (χ1v) is 17.5. The molecule has 52 heavy (non-hydrogen) atoms. The van der Waals surface area contributed by atoms with E-state index in [4.69, 9.17) is 19.7 Å². The van der Waals surface area contributed by atoms with Crippen molar-refractivity contribution in [2.45, 2.75) is 19.3 Å². The maximum absolute atomic E-state index is 6.76. The van der Waals surface area contributed by atoms with Crippen LogP contribution < -0.4 is 9.64 Å². The molecule has 0 radical (unpaired) electrons. The van der Waals surface area contributed by atoms with Crippen LogP contribution in [0.3, 0.4) is 0 Å². The summed E-state index contributed by atoms with van der Waals surface area (Å²) in [5, 5.41) is 3.10. The minimum absolute atomic E-state index is 0.215. The van der Waals surface area contributed by atoms with Gasteiger partial charge in [0.25, 0.3) is 0 Å². The second-order valence-electron chi connectivity index (χ2n) is 13.7. The SMILES string of the molecule is CC1(C)c2ccccc2N(c2ccccn2)c2cc(Oc3ccc4c5cccnc5n5c(-c6ccccc6)c(-c6ccccc6)nc5c4c3)ccc21. The van der Waals surface area contributed by atoms with Gasteiger partial charge in [-0.15, -0.1) is 0 Å². The number of nitrogens with zero attached hydrogens (tertiary/aromatic N) is 5. The molecule has 10 rings (SSSR count). The van der Waals surface area contributed by atoms with Crippen LogP contribution in [-0.2, 0) is 5.41 Å². The lowest BCUT2D eigenvalue weighted by atomic mass is 9.73. The highest BCUT2D eigenvalue weighted by molar-refractivity contribution is 6.12. The highest BCUT2D eigenvalue weighted by Gasteiger charge is 2.37. The van der Waals surface area contributed by atoms with E-state index < -0.39 is 0 Å². The van der Waals surface area contributed by atoms with E-state index >= 15 is 0 Å². The highest BCUT2D eigenvalue weighted by atomic mass is 16.5. The normalized spacial score (nSPS) is 13.3. The predicted octanol–water partition coefficient (Wildman–Crippen LogP) is 11.7. The highest BCUT2D eigenvalue weighted by Crippen LogP contribution is 2.52. The molecule has 4 aromatic heterocycles. The molecule has 1 aliphatic heterocycles. The molecule has 0 amide bonds. The van der Waals surface area contributed by atoms with Gasteiger partial charge in [-0.25, -0.2) is 15.0 Å². The fraction of sp³-hybridized carbons (Fsp3) is 0.0652. The maximum atomic E-state index is 6.76. The number of fused-ring (bicyclic) bond motifs is 8. The van der Waals surface area contributed by atoms with E-state index in [-0.39, 0.29) is 5.41 Å². The molecule has 1 aliphatic rings. The summed E-state index contributed by atoms with van der Waals surface area (Å²) in [5.74, 6) is 2.33. The fourth-order valence-electron chi connectivity index (χ4n) is 7.89. The Kier molecular flexibility index (Phi) is 6.73. The van der Waals surface area contributed by atoms with E-state index in [1.807, 2.05) is 48.8 Å². The summed E-state index contributed by atoms with van der Waals surface area (Å²) in [6, 6.07) is 52.3. The second-order valence-corrected chi connectivity index (χ2v) is 13.7. The second kappa shape index (κ2) is 11.6. The van der Waals surface area contributed by atoms with Crippen LogP contribution in [0.5, 0.6) is 11.5 Å². The zero-order valence-electron chi connectivity index (χ0n) is 28.7. The average Bonchev–Trinajstić information content (AvgIpc) is 3.61. The van der Waals surface area contributed by atoms with Crippen LogP contribution in [0.4, 0.5) is 17.2 Å². The van der Waals surface area contributed by atoms with E-state index in [0.29, 0.717) is 0 Å². The smallest absolute Gasteiger partial charge is 0.147 e. The van der Waals surface area contributed by atoms with Gasteiger partial charge in [-0.2, -0.15) is 0 Å². The Morgan fingerprint density at radius 2 is 1.21 bits per heavy atom. The summed E-state index contributed by atoms with van der Waals surface area (Å²) < 4.78 is 8.97. The number of aromatic nitrogens is 4. The summed E-state index contributed by atoms with van der Waals surface area (Å²) >= 11 is 0. The molecule has 5 aromatic carbocycles. The Morgan fingerprint density at radius 3 is 2.02 bits per heavy atom. The van der Waals surface area contributed by atoms with Gasteiger partial charge in [-0.05, 0) is 71.1 Å². The van der Waals surface area contributed by atoms with Crippen LogP contribution in [0.2, 0.25) is 0 Å². The molecule has 9 aromatic rings. The number of para-hydroxylation sites is 1. The Hall–Kier alpha value is -6.79. The molecule has 5 heterocycles. The number of rotatable bonds is 5. The van der Waals surface area contributed by atoms with Crippen molar-refractivity contribution in [2.75, 3.05) is 4.90 Å². The van der Waals surface area contributed by atoms with E-state index in [1.165, 1.54) is 11.1 Å². The molecule has 0 aliphatic carbocycles. The molecular formula is C46H33N5O. The Balaban J connectivity index is 1.16. The first-order valence-electron chi connectivity index (χ1n) is 17.5. The van der Waals surface area contributed by atoms with Gasteiger partial charge < -0.3 is 4.74 Å². The van der Waals surface area contributed by atoms with Crippen molar-refractivity contribution in [2.24, 2.45) is 0 Å². The zero-order valence-corrected chi connectivity index (χ0v) is 28.7. The molecule has 0 saturated carbocycles. The molecule has 0 bridgehead atoms. The van der Waals surface area contributed by atoms with Crippen molar-refractivity contribution >= 4 is 44.6 Å². The maximum Gasteiger partial charge on any atom is 0.147 e. The number of benzene rings is 5. The first-order chi connectivity index (χ1) is 25.6. The summed E-state index contributed by atoms with van der Waals surface area (Å²) in [6.07, 6.45) is 3.70. The Labute approximate surface area is 301 Å². The summed E-state index contributed by atoms with van der Waals surface area (Å²) in [7, 11) is 0. The molecule has 0 fully saturated rings. The van der Waals surface area contributed by atoms with E-state index in [0.717, 1.165) is 78.7 Å². The number of hydrogen-bond donors (Lipinski definition) is 0. The summed E-state index contributed by atoms with van der Waals surface area (Å²) in [6.45, 7) is 4.57. The Morgan fingerprint density at radius 1 is 0.519 bits per heavy atom. The average molecular weight is 672 g/mol. The van der Waals surface area contributed by atoms with Crippen LogP contribution >= 0.6 is 0 Å². The number of ether oxygens (including phenoxy) is 1. The van der Waals surface area contributed by atoms with Crippen molar-refractivity contribution < 1.29 is 4.74 Å². The van der Waals surface area contributed by atoms with Crippen LogP contribution in [0.1, 0.15) is 25.0 Å². The van der Waals surface area contributed by atoms with Gasteiger partial charge in [0.05, 0.1) is 22.8 Å². The molecule has 6 nitrogen and oxygen atoms in total. The fourth-order valence-corrected chi connectivity index (χ4v) is 7.89. The quantitative estimate of drug-likeness (QED) is 0.170. The van der Waals surface area contributed by atoms with Crippen LogP contribution in [0, 0.1) is 0 Å². The van der Waals surface area contributed by atoms with Crippen molar-refractivity contribution in [1.29, 1.82) is 0 Å². The van der Waals surface area contributed by atoms with Crippen LogP contribution in [0.15, 0.2) is 164 Å². The minimum atomic E-state index is -0.215. The van der Waals surface area contributed by atoms with E-state index in [2.05, 4.69) is 138 Å². The first kappa shape index (κ1) is 30.1. The predicted molar refractivity (Wildman–Crippen MR) is 210 cm³/mol. The summed E-state index contributed by atoms with van der Waals surface area (Å²) in [4.78, 5) is 17.3. The molecular weight excluding hydrogens is 639 g/mol. The third-order valence-corrected chi connectivity index (χ3v) is 10.3. The lowest BCUT2D eigenvalue weighted by molar-refractivity contribution is 0.482. The van der Waals surface area contributed by atoms with Gasteiger partial charge in [0, 0.05) is 45.8 Å². The van der Waals surface area contributed by atoms with Gasteiger partial charge >= 0.3 is 0 Å². The topological polar surface area (TPSA) is 55.5 Å². The van der Waals surface area contributed by atoms with E-state index in [1.54, 1.807) is 0 Å². The molecule has 0 atom stereocenters. The van der Waals surface area contributed by atoms with Crippen molar-refractivity contribution in [3.8, 4) is 34.0 Å².